The van der Waals surface area contributed by atoms with Crippen LogP contribution in [-0.4, -0.2) is 18.0 Å². The number of hydrogen-bond acceptors (Lipinski definition) is 4. The molecule has 0 saturated heterocycles. The first kappa shape index (κ1) is 21.1. The van der Waals surface area contributed by atoms with Gasteiger partial charge in [-0.25, -0.2) is 4.98 Å². The summed E-state index contributed by atoms with van der Waals surface area (Å²) in [4.78, 5) is 20.0. The fourth-order valence-electron chi connectivity index (χ4n) is 3.45. The molecule has 4 aromatic rings. The number of benzene rings is 3. The molecule has 0 aliphatic heterocycles. The number of hydrogen-bond donors (Lipinski definition) is 0. The predicted octanol–water partition coefficient (Wildman–Crippen LogP) is 6.20. The monoisotopic (exact) mass is 430 g/mol. The molecular weight excluding hydrogens is 404 g/mol. The molecule has 5 heteroatoms. The molecule has 0 aliphatic rings. The van der Waals surface area contributed by atoms with Crippen molar-refractivity contribution in [2.45, 2.75) is 32.7 Å². The van der Waals surface area contributed by atoms with E-state index in [2.05, 4.69) is 38.1 Å². The molecule has 0 N–H and O–H groups in total. The van der Waals surface area contributed by atoms with Crippen molar-refractivity contribution in [1.29, 1.82) is 0 Å². The first-order valence-electron chi connectivity index (χ1n) is 10.4. The van der Waals surface area contributed by atoms with E-state index in [0.29, 0.717) is 24.0 Å². The molecule has 4 nitrogen and oxygen atoms in total. The summed E-state index contributed by atoms with van der Waals surface area (Å²) < 4.78 is 6.34. The highest BCUT2D eigenvalue weighted by molar-refractivity contribution is 7.22. The van der Waals surface area contributed by atoms with Crippen LogP contribution in [0, 0.1) is 0 Å². The third kappa shape index (κ3) is 4.94. The Morgan fingerprint density at radius 3 is 2.42 bits per heavy atom. The van der Waals surface area contributed by atoms with Crippen LogP contribution in [0.2, 0.25) is 0 Å². The Labute approximate surface area is 187 Å². The van der Waals surface area contributed by atoms with Gasteiger partial charge in [-0.3, -0.25) is 9.69 Å². The van der Waals surface area contributed by atoms with E-state index >= 15 is 0 Å². The van der Waals surface area contributed by atoms with Gasteiger partial charge in [0.05, 0.1) is 30.3 Å². The Morgan fingerprint density at radius 1 is 1.00 bits per heavy atom. The van der Waals surface area contributed by atoms with Gasteiger partial charge in [-0.2, -0.15) is 0 Å². The maximum absolute atomic E-state index is 13.4. The maximum Gasteiger partial charge on any atom is 0.233 e. The van der Waals surface area contributed by atoms with Gasteiger partial charge >= 0.3 is 0 Å². The molecule has 1 amide bonds. The number of amides is 1. The van der Waals surface area contributed by atoms with Crippen LogP contribution in [0.5, 0.6) is 5.75 Å². The van der Waals surface area contributed by atoms with Gasteiger partial charge in [0.25, 0.3) is 0 Å². The van der Waals surface area contributed by atoms with E-state index in [1.54, 1.807) is 12.0 Å². The van der Waals surface area contributed by atoms with Crippen LogP contribution in [0.4, 0.5) is 5.13 Å². The minimum atomic E-state index is 0.0344. The molecule has 0 radical (unpaired) electrons. The quantitative estimate of drug-likeness (QED) is 0.350. The molecule has 0 saturated carbocycles. The molecule has 0 aliphatic carbocycles. The van der Waals surface area contributed by atoms with E-state index < -0.39 is 0 Å². The van der Waals surface area contributed by atoms with Crippen LogP contribution in [-0.2, 0) is 17.8 Å². The number of aromatic nitrogens is 1. The summed E-state index contributed by atoms with van der Waals surface area (Å²) in [6.45, 7) is 4.83. The molecular formula is C26H26N2O2S. The molecule has 3 aromatic carbocycles. The molecule has 4 rings (SSSR count). The van der Waals surface area contributed by atoms with Gasteiger partial charge in [0.15, 0.2) is 5.13 Å². The molecule has 0 atom stereocenters. The Morgan fingerprint density at radius 2 is 1.74 bits per heavy atom. The first-order chi connectivity index (χ1) is 15.0. The van der Waals surface area contributed by atoms with Gasteiger partial charge in [-0.15, -0.1) is 0 Å². The molecule has 1 aromatic heterocycles. The summed E-state index contributed by atoms with van der Waals surface area (Å²) in [5.74, 6) is 1.29. The van der Waals surface area contributed by atoms with E-state index in [1.807, 2.05) is 48.5 Å². The van der Waals surface area contributed by atoms with E-state index in [0.717, 1.165) is 27.1 Å². The van der Waals surface area contributed by atoms with Crippen LogP contribution >= 0.6 is 11.3 Å². The number of ether oxygens (including phenoxy) is 1. The Kier molecular flexibility index (Phi) is 6.33. The summed E-state index contributed by atoms with van der Waals surface area (Å²) in [5, 5.41) is 0.705. The van der Waals surface area contributed by atoms with Crippen molar-refractivity contribution < 1.29 is 9.53 Å². The van der Waals surface area contributed by atoms with E-state index in [9.17, 15) is 4.79 Å². The van der Waals surface area contributed by atoms with Crippen LogP contribution in [0.3, 0.4) is 0 Å². The molecule has 158 valence electrons. The summed E-state index contributed by atoms with van der Waals surface area (Å²) in [5.41, 5.74) is 4.23. The average molecular weight is 431 g/mol. The van der Waals surface area contributed by atoms with E-state index in [1.165, 1.54) is 16.9 Å². The topological polar surface area (TPSA) is 42.4 Å². The zero-order valence-electron chi connectivity index (χ0n) is 18.0. The highest BCUT2D eigenvalue weighted by Gasteiger charge is 2.21. The lowest BCUT2D eigenvalue weighted by molar-refractivity contribution is -0.118. The Hall–Kier alpha value is -3.18. The smallest absolute Gasteiger partial charge is 0.233 e. The minimum absolute atomic E-state index is 0.0344. The molecule has 1 heterocycles. The van der Waals surface area contributed by atoms with Gasteiger partial charge in [0, 0.05) is 0 Å². The molecule has 0 spiro atoms. The van der Waals surface area contributed by atoms with Crippen LogP contribution in [0.1, 0.15) is 36.5 Å². The van der Waals surface area contributed by atoms with Gasteiger partial charge in [-0.05, 0) is 40.8 Å². The largest absolute Gasteiger partial charge is 0.497 e. The number of anilines is 1. The summed E-state index contributed by atoms with van der Waals surface area (Å²) in [6, 6.07) is 24.2. The van der Waals surface area contributed by atoms with Crippen LogP contribution < -0.4 is 9.64 Å². The van der Waals surface area contributed by atoms with Crippen LogP contribution in [0.15, 0.2) is 72.8 Å². The van der Waals surface area contributed by atoms with Gasteiger partial charge in [-0.1, -0.05) is 79.8 Å². The van der Waals surface area contributed by atoms with Crippen molar-refractivity contribution in [3.63, 3.8) is 0 Å². The fourth-order valence-corrected chi connectivity index (χ4v) is 4.46. The second-order valence-electron chi connectivity index (χ2n) is 7.87. The number of thiazole rings is 1. The number of carbonyl (C=O) groups is 1. The van der Waals surface area contributed by atoms with Crippen molar-refractivity contribution in [2.24, 2.45) is 0 Å². The lowest BCUT2D eigenvalue weighted by Crippen LogP contribution is -2.31. The van der Waals surface area contributed by atoms with E-state index in [-0.39, 0.29) is 5.91 Å². The van der Waals surface area contributed by atoms with Crippen molar-refractivity contribution in [2.75, 3.05) is 12.0 Å². The Bertz CT molecular complexity index is 1170. The van der Waals surface area contributed by atoms with Gasteiger partial charge in [0.2, 0.25) is 5.91 Å². The second kappa shape index (κ2) is 9.31. The summed E-state index contributed by atoms with van der Waals surface area (Å²) in [7, 11) is 1.65. The standard InChI is InChI=1S/C26H26N2O2S/c1-18(2)21-11-9-19(10-12-21)15-25(29)28(17-20-7-5-4-6-8-20)26-27-23-14-13-22(30-3)16-24(23)31-26/h4-14,16,18H,15,17H2,1-3H3. The van der Waals surface area contributed by atoms with Crippen molar-refractivity contribution in [3.8, 4) is 5.75 Å². The lowest BCUT2D eigenvalue weighted by atomic mass is 10.0. The third-order valence-corrected chi connectivity index (χ3v) is 6.34. The predicted molar refractivity (Wildman–Crippen MR) is 128 cm³/mol. The maximum atomic E-state index is 13.4. The number of methoxy groups -OCH3 is 1. The van der Waals surface area contributed by atoms with Gasteiger partial charge < -0.3 is 4.74 Å². The fraction of sp³-hybridized carbons (Fsp3) is 0.231. The summed E-state index contributed by atoms with van der Waals surface area (Å²) in [6.07, 6.45) is 0.338. The number of fused-ring (bicyclic) bond motifs is 1. The number of nitrogens with zero attached hydrogens (tertiary/aromatic N) is 2. The molecule has 31 heavy (non-hydrogen) atoms. The first-order valence-corrected chi connectivity index (χ1v) is 11.2. The van der Waals surface area contributed by atoms with Crippen molar-refractivity contribution >= 4 is 32.6 Å². The van der Waals surface area contributed by atoms with E-state index in [4.69, 9.17) is 9.72 Å². The Balaban J connectivity index is 1.64. The molecule has 0 bridgehead atoms. The zero-order valence-corrected chi connectivity index (χ0v) is 18.9. The minimum Gasteiger partial charge on any atom is -0.497 e. The molecule has 0 fully saturated rings. The van der Waals surface area contributed by atoms with Crippen LogP contribution in [0.25, 0.3) is 10.2 Å². The highest BCUT2D eigenvalue weighted by atomic mass is 32.1. The van der Waals surface area contributed by atoms with Gasteiger partial charge in [0.1, 0.15) is 5.75 Å². The SMILES string of the molecule is COc1ccc2nc(N(Cc3ccccc3)C(=O)Cc3ccc(C(C)C)cc3)sc2c1. The zero-order chi connectivity index (χ0) is 21.8. The van der Waals surface area contributed by atoms with Crippen molar-refractivity contribution in [1.82, 2.24) is 4.98 Å². The van der Waals surface area contributed by atoms with Crippen molar-refractivity contribution in [3.05, 3.63) is 89.5 Å². The summed E-state index contributed by atoms with van der Waals surface area (Å²) >= 11 is 1.51. The third-order valence-electron chi connectivity index (χ3n) is 5.30. The molecule has 0 unspecified atom stereocenters. The number of carbonyl (C=O) groups excluding carboxylic acids is 1. The number of rotatable bonds is 7. The average Bonchev–Trinajstić information content (AvgIpc) is 3.21. The highest BCUT2D eigenvalue weighted by Crippen LogP contribution is 2.32. The second-order valence-corrected chi connectivity index (χ2v) is 8.88. The normalized spacial score (nSPS) is 11.1. The lowest BCUT2D eigenvalue weighted by Gasteiger charge is -2.20.